The van der Waals surface area contributed by atoms with Gasteiger partial charge in [-0.05, 0) is 91.6 Å². The third-order valence-electron chi connectivity index (χ3n) is 9.48. The molecule has 2 heterocycles. The van der Waals surface area contributed by atoms with Gasteiger partial charge in [0.1, 0.15) is 21.3 Å². The van der Waals surface area contributed by atoms with E-state index in [1.165, 1.54) is 22.7 Å². The molecule has 0 aliphatic carbocycles. The molecule has 8 aromatic carbocycles. The van der Waals surface area contributed by atoms with E-state index in [4.69, 9.17) is 9.47 Å². The summed E-state index contributed by atoms with van der Waals surface area (Å²) in [6, 6.07) is 53.0. The van der Waals surface area contributed by atoms with Crippen LogP contribution in [-0.4, -0.2) is 11.9 Å². The summed E-state index contributed by atoms with van der Waals surface area (Å²) in [6.45, 7) is 0. The number of benzene rings is 8. The Hall–Kier alpha value is -5.61. The van der Waals surface area contributed by atoms with E-state index in [2.05, 4.69) is 60.7 Å². The lowest BCUT2D eigenvalue weighted by molar-refractivity contribution is -0.585. The fourth-order valence-corrected chi connectivity index (χ4v) is 13.0. The highest BCUT2D eigenvalue weighted by molar-refractivity contribution is 7.12. The molecule has 7 heteroatoms. The zero-order chi connectivity index (χ0) is 35.5. The first-order valence-corrected chi connectivity index (χ1v) is 20.8. The van der Waals surface area contributed by atoms with Crippen molar-refractivity contribution in [2.24, 2.45) is 0 Å². The molecular weight excluding hydrogens is 808 g/mol. The Kier molecular flexibility index (Phi) is 7.93. The maximum atomic E-state index is 13.7. The summed E-state index contributed by atoms with van der Waals surface area (Å²) in [5.74, 6) is 0.405. The highest BCUT2D eigenvalue weighted by atomic mass is 127. The molecule has 0 spiro atoms. The lowest BCUT2D eigenvalue weighted by Crippen LogP contribution is -3.61. The fourth-order valence-electron chi connectivity index (χ4n) is 6.98. The number of carbonyl (C=O) groups is 2. The second kappa shape index (κ2) is 13.1. The van der Waals surface area contributed by atoms with Crippen molar-refractivity contribution in [3.8, 4) is 11.5 Å². The molecule has 10 rings (SSSR count). The maximum absolute atomic E-state index is 13.7. The van der Waals surface area contributed by atoms with Gasteiger partial charge in [-0.15, -0.1) is 0 Å². The Morgan fingerprint density at radius 1 is 0.377 bits per heavy atom. The molecule has 0 aliphatic heterocycles. The van der Waals surface area contributed by atoms with Crippen LogP contribution >= 0.6 is 22.7 Å². The van der Waals surface area contributed by atoms with Crippen molar-refractivity contribution >= 4 is 99.2 Å². The van der Waals surface area contributed by atoms with Gasteiger partial charge in [0.25, 0.3) is 0 Å². The minimum absolute atomic E-state index is 0.374. The van der Waals surface area contributed by atoms with E-state index in [9.17, 15) is 9.59 Å². The van der Waals surface area contributed by atoms with Crippen molar-refractivity contribution in [1.82, 2.24) is 0 Å². The van der Waals surface area contributed by atoms with Crippen molar-refractivity contribution in [3.63, 3.8) is 0 Å². The van der Waals surface area contributed by atoms with E-state index in [0.29, 0.717) is 21.3 Å². The molecule has 0 saturated heterocycles. The fraction of sp³-hybridized carbons (Fsp3) is 0. The topological polar surface area (TPSA) is 52.6 Å². The lowest BCUT2D eigenvalue weighted by atomic mass is 9.98. The molecule has 0 atom stereocenters. The quantitative estimate of drug-likeness (QED) is 0.0726. The van der Waals surface area contributed by atoms with Gasteiger partial charge in [0.15, 0.2) is 0 Å². The Morgan fingerprint density at radius 2 is 0.736 bits per heavy atom. The molecule has 2 aromatic heterocycles. The summed E-state index contributed by atoms with van der Waals surface area (Å²) in [7, 11) is 0. The molecule has 0 radical (unpaired) electrons. The Bertz CT molecular complexity index is 2880. The molecule has 0 N–H and O–H groups in total. The van der Waals surface area contributed by atoms with Crippen LogP contribution in [-0.2, 0) is 0 Å². The Balaban J connectivity index is 0.909. The van der Waals surface area contributed by atoms with Crippen LogP contribution in [0.5, 0.6) is 11.5 Å². The maximum Gasteiger partial charge on any atom is 0.381 e. The first kappa shape index (κ1) is 32.1. The zero-order valence-electron chi connectivity index (χ0n) is 27.8. The molecule has 252 valence electrons. The van der Waals surface area contributed by atoms with Crippen LogP contribution in [0.25, 0.3) is 64.6 Å². The van der Waals surface area contributed by atoms with Gasteiger partial charge in [-0.25, -0.2) is 9.59 Å². The number of rotatable bonds is 6. The van der Waals surface area contributed by atoms with Crippen molar-refractivity contribution in [1.29, 1.82) is 0 Å². The number of halogens is 1. The van der Waals surface area contributed by atoms with E-state index in [1.54, 1.807) is 0 Å². The molecular formula is C46H26IO4S2+. The van der Waals surface area contributed by atoms with Gasteiger partial charge < -0.3 is 9.47 Å². The van der Waals surface area contributed by atoms with Gasteiger partial charge in [0.2, 0.25) is 5.77 Å². The first-order chi connectivity index (χ1) is 26.0. The molecule has 10 aromatic rings. The highest BCUT2D eigenvalue weighted by Crippen LogP contribution is 2.39. The summed E-state index contributed by atoms with van der Waals surface area (Å²) in [4.78, 5) is 28.5. The van der Waals surface area contributed by atoms with Crippen LogP contribution in [0.15, 0.2) is 158 Å². The van der Waals surface area contributed by atoms with E-state index < -0.39 is 21.2 Å². The molecule has 0 unspecified atom stereocenters. The van der Waals surface area contributed by atoms with Crippen molar-refractivity contribution in [3.05, 3.63) is 173 Å². The summed E-state index contributed by atoms with van der Waals surface area (Å²) < 4.78 is 14.7. The molecule has 53 heavy (non-hydrogen) atoms. The molecule has 4 nitrogen and oxygen atoms in total. The predicted molar refractivity (Wildman–Crippen MR) is 214 cm³/mol. The smallest absolute Gasteiger partial charge is 0.381 e. The third kappa shape index (κ3) is 5.91. The number of hydrogen-bond acceptors (Lipinski definition) is 6. The van der Waals surface area contributed by atoms with E-state index in [-0.39, 0.29) is 11.9 Å². The van der Waals surface area contributed by atoms with Gasteiger partial charge in [-0.2, -0.15) is 0 Å². The second-order valence-corrected chi connectivity index (χ2v) is 19.3. The average molecular weight is 834 g/mol. The van der Waals surface area contributed by atoms with Crippen LogP contribution in [0.3, 0.4) is 0 Å². The van der Waals surface area contributed by atoms with Crippen molar-refractivity contribution < 1.29 is 40.3 Å². The normalized spacial score (nSPS) is 11.6. The number of esters is 2. The van der Waals surface area contributed by atoms with E-state index in [1.807, 2.05) is 97.1 Å². The largest absolute Gasteiger partial charge is 0.421 e. The van der Waals surface area contributed by atoms with E-state index in [0.717, 1.165) is 70.4 Å². The SMILES string of the molecule is O=C(Oc1c2ccccc2cc2cc3ccccc3cc12)c1ccc([I+]c2ccc(C(=O)Oc3c4ccccc4cc4cc5ccccc5cc34)s2)s1. The van der Waals surface area contributed by atoms with Gasteiger partial charge in [-0.3, -0.25) is 0 Å². The molecule has 0 bridgehead atoms. The standard InChI is InChI=1S/C46H26IO4S2/c48-45(50-43-35-15-7-5-13-31(35)23-33-21-27-9-1-3-11-29(27)25-37(33)43)39-17-19-41(52-39)47-42-20-18-40(53-42)46(49)51-44-36-16-8-6-14-32(36)24-34-22-28-10-2-4-12-30(28)26-38(34)44/h1-26H/q+1. The van der Waals surface area contributed by atoms with Crippen molar-refractivity contribution in [2.45, 2.75) is 0 Å². The van der Waals surface area contributed by atoms with Gasteiger partial charge in [-0.1, -0.05) is 120 Å². The number of thiophene rings is 2. The molecule has 0 aliphatic rings. The van der Waals surface area contributed by atoms with Crippen LogP contribution in [0.4, 0.5) is 0 Å². The number of hydrogen-bond donors (Lipinski definition) is 0. The summed E-state index contributed by atoms with van der Waals surface area (Å²) in [5, 5.41) is 12.2. The molecule has 0 saturated carbocycles. The van der Waals surface area contributed by atoms with E-state index >= 15 is 0 Å². The van der Waals surface area contributed by atoms with Crippen LogP contribution < -0.4 is 30.7 Å². The number of ether oxygens (including phenoxy) is 2. The number of fused-ring (bicyclic) bond motifs is 6. The molecule has 0 amide bonds. The predicted octanol–water partition coefficient (Wildman–Crippen LogP) is 9.30. The second-order valence-electron chi connectivity index (χ2n) is 12.8. The first-order valence-electron chi connectivity index (χ1n) is 17.0. The van der Waals surface area contributed by atoms with Crippen LogP contribution in [0.2, 0.25) is 0 Å². The summed E-state index contributed by atoms with van der Waals surface area (Å²) >= 11 is 2.28. The summed E-state index contributed by atoms with van der Waals surface area (Å²) in [5.41, 5.74) is 0. The summed E-state index contributed by atoms with van der Waals surface area (Å²) in [6.07, 6.45) is 0. The minimum Gasteiger partial charge on any atom is -0.421 e. The third-order valence-corrected chi connectivity index (χ3v) is 15.3. The van der Waals surface area contributed by atoms with Crippen LogP contribution in [0, 0.1) is 5.77 Å². The zero-order valence-corrected chi connectivity index (χ0v) is 31.6. The Labute approximate surface area is 322 Å². The molecule has 0 fully saturated rings. The highest BCUT2D eigenvalue weighted by Gasteiger charge is 2.26. The average Bonchev–Trinajstić information content (AvgIpc) is 3.87. The monoisotopic (exact) mass is 833 g/mol. The van der Waals surface area contributed by atoms with Crippen LogP contribution in [0.1, 0.15) is 19.3 Å². The van der Waals surface area contributed by atoms with Gasteiger partial charge in [0.05, 0.1) is 0 Å². The van der Waals surface area contributed by atoms with Gasteiger partial charge in [0, 0.05) is 33.7 Å². The number of carbonyl (C=O) groups excluding carboxylic acids is 2. The lowest BCUT2D eigenvalue weighted by Gasteiger charge is -2.12. The Morgan fingerprint density at radius 3 is 1.17 bits per heavy atom. The van der Waals surface area contributed by atoms with Crippen molar-refractivity contribution in [2.75, 3.05) is 0 Å². The van der Waals surface area contributed by atoms with Gasteiger partial charge >= 0.3 is 33.1 Å². The minimum atomic E-state index is -0.636.